The zero-order chi connectivity index (χ0) is 20.4. The van der Waals surface area contributed by atoms with E-state index in [4.69, 9.17) is 9.47 Å². The molecule has 28 heavy (non-hydrogen) atoms. The van der Waals surface area contributed by atoms with Gasteiger partial charge in [-0.05, 0) is 62.4 Å². The molecule has 6 heteroatoms. The smallest absolute Gasteiger partial charge is 0.426 e. The van der Waals surface area contributed by atoms with Crippen LogP contribution in [0.5, 0.6) is 11.5 Å². The monoisotopic (exact) mass is 390 g/mol. The third-order valence-electron chi connectivity index (χ3n) is 4.09. The number of aryl methyl sites for hydroxylation is 2. The van der Waals surface area contributed by atoms with Gasteiger partial charge in [-0.15, -0.1) is 0 Å². The lowest BCUT2D eigenvalue weighted by molar-refractivity contribution is -0.188. The van der Waals surface area contributed by atoms with Crippen molar-refractivity contribution in [2.24, 2.45) is 0 Å². The van der Waals surface area contributed by atoms with Gasteiger partial charge in [0.25, 0.3) is 0 Å². The molecule has 0 spiro atoms. The summed E-state index contributed by atoms with van der Waals surface area (Å²) in [7, 11) is 0. The van der Waals surface area contributed by atoms with E-state index in [-0.39, 0.29) is 11.5 Å². The van der Waals surface area contributed by atoms with E-state index in [0.29, 0.717) is 0 Å². The molecule has 0 radical (unpaired) electrons. The number of hydrogen-bond acceptors (Lipinski definition) is 2. The fourth-order valence-corrected chi connectivity index (χ4v) is 2.48. The van der Waals surface area contributed by atoms with Crippen molar-refractivity contribution in [3.05, 3.63) is 95.1 Å². The number of hydrogen-bond donors (Lipinski definition) is 0. The maximum Gasteiger partial charge on any atom is 0.426 e. The van der Waals surface area contributed by atoms with E-state index in [1.807, 2.05) is 13.8 Å². The predicted molar refractivity (Wildman–Crippen MR) is 97.8 cm³/mol. The lowest BCUT2D eigenvalue weighted by Crippen LogP contribution is -2.24. The number of benzene rings is 3. The van der Waals surface area contributed by atoms with E-state index in [2.05, 4.69) is 0 Å². The molecule has 3 rings (SSSR count). The number of ether oxygens (including phenoxy) is 2. The van der Waals surface area contributed by atoms with Crippen LogP contribution in [0.15, 0.2) is 72.8 Å². The molecular formula is C22H18F4O2. The summed E-state index contributed by atoms with van der Waals surface area (Å²) in [5.41, 5.74) is 0.720. The summed E-state index contributed by atoms with van der Waals surface area (Å²) < 4.78 is 66.7. The molecule has 0 aliphatic rings. The Morgan fingerprint density at radius 3 is 1.07 bits per heavy atom. The van der Waals surface area contributed by atoms with Crippen LogP contribution in [0, 0.1) is 13.8 Å². The van der Waals surface area contributed by atoms with E-state index < -0.39 is 23.3 Å². The first-order valence-electron chi connectivity index (χ1n) is 8.54. The fourth-order valence-electron chi connectivity index (χ4n) is 2.48. The Kier molecular flexibility index (Phi) is 5.31. The lowest BCUT2D eigenvalue weighted by Gasteiger charge is -2.21. The topological polar surface area (TPSA) is 18.5 Å². The van der Waals surface area contributed by atoms with Crippen molar-refractivity contribution in [1.82, 2.24) is 0 Å². The average Bonchev–Trinajstić information content (AvgIpc) is 2.65. The molecular weight excluding hydrogens is 372 g/mol. The van der Waals surface area contributed by atoms with E-state index >= 15 is 0 Å². The molecule has 146 valence electrons. The Labute approximate surface area is 160 Å². The summed E-state index contributed by atoms with van der Waals surface area (Å²) in [6.07, 6.45) is -7.33. The summed E-state index contributed by atoms with van der Waals surface area (Å²) in [6.45, 7) is 3.64. The fraction of sp³-hybridized carbons (Fsp3) is 0.182. The van der Waals surface area contributed by atoms with Gasteiger partial charge in [-0.25, -0.2) is 0 Å². The highest BCUT2D eigenvalue weighted by Gasteiger charge is 2.38. The molecule has 0 aliphatic heterocycles. The van der Waals surface area contributed by atoms with Crippen LogP contribution >= 0.6 is 0 Å². The Bertz CT molecular complexity index is 840. The first-order valence-corrected chi connectivity index (χ1v) is 8.54. The Hall–Kier alpha value is -3.02. The molecule has 0 aromatic heterocycles. The number of alkyl halides is 4. The summed E-state index contributed by atoms with van der Waals surface area (Å²) in [5.74, 6) is -0.0413. The molecule has 0 amide bonds. The highest BCUT2D eigenvalue weighted by atomic mass is 19.3. The molecule has 3 aromatic carbocycles. The van der Waals surface area contributed by atoms with Gasteiger partial charge >= 0.3 is 12.2 Å². The molecule has 0 bridgehead atoms. The van der Waals surface area contributed by atoms with E-state index in [1.54, 1.807) is 24.3 Å². The molecule has 0 saturated heterocycles. The van der Waals surface area contributed by atoms with Gasteiger partial charge in [0.15, 0.2) is 0 Å². The molecule has 0 saturated carbocycles. The van der Waals surface area contributed by atoms with Crippen LogP contribution in [-0.2, 0) is 12.2 Å². The van der Waals surface area contributed by atoms with Crippen LogP contribution in [0.25, 0.3) is 0 Å². The Balaban J connectivity index is 1.75. The summed E-state index contributed by atoms with van der Waals surface area (Å²) in [4.78, 5) is 0. The van der Waals surface area contributed by atoms with Crippen LogP contribution in [0.2, 0.25) is 0 Å². The van der Waals surface area contributed by atoms with Crippen molar-refractivity contribution < 1.29 is 27.0 Å². The van der Waals surface area contributed by atoms with Gasteiger partial charge in [-0.3, -0.25) is 0 Å². The van der Waals surface area contributed by atoms with Crippen molar-refractivity contribution in [3.8, 4) is 11.5 Å². The van der Waals surface area contributed by atoms with Gasteiger partial charge in [0.05, 0.1) is 11.1 Å². The zero-order valence-corrected chi connectivity index (χ0v) is 15.3. The van der Waals surface area contributed by atoms with Crippen LogP contribution in [0.4, 0.5) is 17.6 Å². The van der Waals surface area contributed by atoms with Gasteiger partial charge in [0, 0.05) is 0 Å². The Morgan fingerprint density at radius 1 is 0.500 bits per heavy atom. The first-order chi connectivity index (χ1) is 13.2. The van der Waals surface area contributed by atoms with Crippen molar-refractivity contribution >= 4 is 0 Å². The molecule has 0 heterocycles. The quantitative estimate of drug-likeness (QED) is 0.444. The standard InChI is InChI=1S/C22H18F4O2/c1-15-3-11-19(12-4-15)27-21(23,24)17-7-9-18(10-8-17)22(25,26)28-20-13-5-16(2)6-14-20/h3-14H,1-2H3. The van der Waals surface area contributed by atoms with Crippen molar-refractivity contribution in [3.63, 3.8) is 0 Å². The second-order valence-corrected chi connectivity index (χ2v) is 6.44. The molecule has 0 aliphatic carbocycles. The highest BCUT2D eigenvalue weighted by Crippen LogP contribution is 2.35. The third-order valence-corrected chi connectivity index (χ3v) is 4.09. The van der Waals surface area contributed by atoms with Crippen LogP contribution in [0.3, 0.4) is 0 Å². The lowest BCUT2D eigenvalue weighted by atomic mass is 10.1. The van der Waals surface area contributed by atoms with Gasteiger partial charge in [0.1, 0.15) is 11.5 Å². The molecule has 2 nitrogen and oxygen atoms in total. The van der Waals surface area contributed by atoms with Crippen molar-refractivity contribution in [2.75, 3.05) is 0 Å². The average molecular weight is 390 g/mol. The van der Waals surface area contributed by atoms with Crippen molar-refractivity contribution in [1.29, 1.82) is 0 Å². The Morgan fingerprint density at radius 2 is 0.786 bits per heavy atom. The minimum atomic E-state index is -3.67. The van der Waals surface area contributed by atoms with Gasteiger partial charge in [0.2, 0.25) is 0 Å². The molecule has 0 fully saturated rings. The second-order valence-electron chi connectivity index (χ2n) is 6.44. The van der Waals surface area contributed by atoms with Crippen LogP contribution in [0.1, 0.15) is 22.3 Å². The second kappa shape index (κ2) is 7.54. The molecule has 0 N–H and O–H groups in total. The maximum atomic E-state index is 14.3. The predicted octanol–water partition coefficient (Wildman–Crippen LogP) is 6.56. The highest BCUT2D eigenvalue weighted by molar-refractivity contribution is 5.32. The minimum absolute atomic E-state index is 0.0206. The SMILES string of the molecule is Cc1ccc(OC(F)(F)c2ccc(C(F)(F)Oc3ccc(C)cc3)cc2)cc1. The summed E-state index contributed by atoms with van der Waals surface area (Å²) in [5, 5.41) is 0. The summed E-state index contributed by atoms with van der Waals surface area (Å²) >= 11 is 0. The molecule has 0 unspecified atom stereocenters. The maximum absolute atomic E-state index is 14.3. The van der Waals surface area contributed by atoms with Gasteiger partial charge in [-0.1, -0.05) is 35.4 Å². The zero-order valence-electron chi connectivity index (χ0n) is 15.3. The molecule has 3 aromatic rings. The van der Waals surface area contributed by atoms with Crippen LogP contribution in [-0.4, -0.2) is 0 Å². The van der Waals surface area contributed by atoms with E-state index in [1.165, 1.54) is 24.3 Å². The summed E-state index contributed by atoms with van der Waals surface area (Å²) in [6, 6.07) is 15.8. The van der Waals surface area contributed by atoms with Gasteiger partial charge < -0.3 is 9.47 Å². The normalized spacial score (nSPS) is 11.9. The number of rotatable bonds is 6. The van der Waals surface area contributed by atoms with Crippen LogP contribution < -0.4 is 9.47 Å². The van der Waals surface area contributed by atoms with Crippen molar-refractivity contribution in [2.45, 2.75) is 26.1 Å². The van der Waals surface area contributed by atoms with Gasteiger partial charge in [-0.2, -0.15) is 17.6 Å². The van der Waals surface area contributed by atoms with E-state index in [9.17, 15) is 17.6 Å². The first kappa shape index (κ1) is 19.7. The molecule has 0 atom stereocenters. The number of halogens is 4. The third kappa shape index (κ3) is 4.63. The largest absolute Gasteiger partial charge is 0.429 e. The minimum Gasteiger partial charge on any atom is -0.429 e. The van der Waals surface area contributed by atoms with E-state index in [0.717, 1.165) is 35.4 Å².